The molecule has 114 valence electrons. The van der Waals surface area contributed by atoms with Crippen molar-refractivity contribution >= 4 is 12.2 Å². The lowest BCUT2D eigenvalue weighted by Crippen LogP contribution is -2.54. The molecular weight excluding hydrogens is 256 g/mol. The molecular formula is C14H28N4O2+2. The van der Waals surface area contributed by atoms with E-state index in [2.05, 4.69) is 38.1 Å². The van der Waals surface area contributed by atoms with Crippen molar-refractivity contribution < 1.29 is 18.6 Å². The highest BCUT2D eigenvalue weighted by molar-refractivity contribution is 5.32. The summed E-state index contributed by atoms with van der Waals surface area (Å²) in [5.74, 6) is 0. The van der Waals surface area contributed by atoms with Crippen molar-refractivity contribution in [3.8, 4) is 0 Å². The van der Waals surface area contributed by atoms with Crippen molar-refractivity contribution in [3.63, 3.8) is 0 Å². The van der Waals surface area contributed by atoms with Crippen molar-refractivity contribution in [1.29, 1.82) is 0 Å². The predicted molar refractivity (Wildman–Crippen MR) is 78.6 cm³/mol. The molecule has 0 N–H and O–H groups in total. The van der Waals surface area contributed by atoms with Gasteiger partial charge in [-0.2, -0.15) is 0 Å². The number of aliphatic imine (C=N–C) groups is 2. The molecule has 20 heavy (non-hydrogen) atoms. The van der Waals surface area contributed by atoms with E-state index in [1.54, 1.807) is 12.2 Å². The van der Waals surface area contributed by atoms with E-state index < -0.39 is 0 Å². The lowest BCUT2D eigenvalue weighted by atomic mass is 10.0. The lowest BCUT2D eigenvalue weighted by molar-refractivity contribution is -0.929. The number of rotatable bonds is 9. The first-order valence-corrected chi connectivity index (χ1v) is 6.86. The van der Waals surface area contributed by atoms with Crippen molar-refractivity contribution in [2.75, 3.05) is 48.5 Å². The topological polar surface area (TPSA) is 58.9 Å². The zero-order chi connectivity index (χ0) is 15.8. The van der Waals surface area contributed by atoms with Crippen LogP contribution in [-0.2, 0) is 9.59 Å². The maximum atomic E-state index is 10.3. The summed E-state index contributed by atoms with van der Waals surface area (Å²) in [7, 11) is 10.6. The summed E-state index contributed by atoms with van der Waals surface area (Å²) < 4.78 is 1.46. The Bertz CT molecular complexity index is 388. The van der Waals surface area contributed by atoms with E-state index in [0.717, 1.165) is 17.3 Å². The molecule has 2 unspecified atom stereocenters. The van der Waals surface area contributed by atoms with Gasteiger partial charge in [-0.3, -0.25) is 0 Å². The molecule has 6 nitrogen and oxygen atoms in total. The van der Waals surface area contributed by atoms with Gasteiger partial charge in [0.2, 0.25) is 12.2 Å². The van der Waals surface area contributed by atoms with E-state index in [1.165, 1.54) is 0 Å². The van der Waals surface area contributed by atoms with Crippen LogP contribution in [-0.4, -0.2) is 81.7 Å². The molecule has 0 fully saturated rings. The molecule has 0 heterocycles. The summed E-state index contributed by atoms with van der Waals surface area (Å²) >= 11 is 0. The Kier molecular flexibility index (Phi) is 7.54. The van der Waals surface area contributed by atoms with Crippen molar-refractivity contribution in [1.82, 2.24) is 0 Å². The second kappa shape index (κ2) is 8.08. The highest BCUT2D eigenvalue weighted by Crippen LogP contribution is 2.20. The van der Waals surface area contributed by atoms with Crippen LogP contribution in [0.1, 0.15) is 19.8 Å². The summed E-state index contributed by atoms with van der Waals surface area (Å²) in [6, 6.07) is 0.731. The molecule has 0 aliphatic heterocycles. The highest BCUT2D eigenvalue weighted by atomic mass is 16.1. The van der Waals surface area contributed by atoms with Gasteiger partial charge in [0.15, 0.2) is 6.67 Å². The number of hydrogen-bond donors (Lipinski definition) is 0. The van der Waals surface area contributed by atoms with Crippen LogP contribution >= 0.6 is 0 Å². The Balaban J connectivity index is 4.96. The monoisotopic (exact) mass is 284 g/mol. The first-order chi connectivity index (χ1) is 9.15. The van der Waals surface area contributed by atoms with E-state index in [9.17, 15) is 9.59 Å². The third-order valence-corrected chi connectivity index (χ3v) is 4.06. The minimum absolute atomic E-state index is 0.275. The molecule has 0 spiro atoms. The van der Waals surface area contributed by atoms with Gasteiger partial charge < -0.3 is 8.97 Å². The summed E-state index contributed by atoms with van der Waals surface area (Å²) in [5.41, 5.74) is 0. The largest absolute Gasteiger partial charge is 0.329 e. The number of isocyanates is 2. The van der Waals surface area contributed by atoms with E-state index >= 15 is 0 Å². The summed E-state index contributed by atoms with van der Waals surface area (Å²) in [6.45, 7) is 3.06. The maximum Gasteiger partial charge on any atom is 0.240 e. The summed E-state index contributed by atoms with van der Waals surface area (Å²) in [5, 5.41) is 0. The third kappa shape index (κ3) is 6.73. The summed E-state index contributed by atoms with van der Waals surface area (Å²) in [4.78, 5) is 27.9. The molecule has 0 aromatic carbocycles. The molecule has 0 bridgehead atoms. The Labute approximate surface area is 122 Å². The van der Waals surface area contributed by atoms with Gasteiger partial charge in [-0.05, 0) is 6.92 Å². The molecule has 0 aliphatic carbocycles. The van der Waals surface area contributed by atoms with E-state index in [-0.39, 0.29) is 6.04 Å². The van der Waals surface area contributed by atoms with Gasteiger partial charge >= 0.3 is 0 Å². The van der Waals surface area contributed by atoms with Crippen molar-refractivity contribution in [2.24, 2.45) is 9.98 Å². The van der Waals surface area contributed by atoms with Gasteiger partial charge in [0, 0.05) is 6.42 Å². The fraction of sp³-hybridized carbons (Fsp3) is 0.857. The fourth-order valence-corrected chi connectivity index (χ4v) is 2.05. The molecule has 0 aliphatic rings. The first-order valence-electron chi connectivity index (χ1n) is 6.86. The molecule has 0 saturated heterocycles. The standard InChI is InChI=1S/C14H28N4O2/c1-13(17(2,3)4)9-14(7-8-15-11-19)18(5,6)10-16-12-20/h13-14H,7-10H2,1-6H3/q+2. The van der Waals surface area contributed by atoms with Crippen LogP contribution < -0.4 is 0 Å². The Morgan fingerprint density at radius 3 is 2.00 bits per heavy atom. The molecule has 0 radical (unpaired) electrons. The number of nitrogens with zero attached hydrogens (tertiary/aromatic N) is 4. The maximum absolute atomic E-state index is 10.3. The van der Waals surface area contributed by atoms with Crippen molar-refractivity contribution in [2.45, 2.75) is 31.8 Å². The molecule has 2 atom stereocenters. The molecule has 0 aromatic rings. The van der Waals surface area contributed by atoms with Gasteiger partial charge in [0.25, 0.3) is 0 Å². The number of quaternary nitrogens is 2. The summed E-state index contributed by atoms with van der Waals surface area (Å²) in [6.07, 6.45) is 4.93. The average molecular weight is 284 g/mol. The third-order valence-electron chi connectivity index (χ3n) is 4.06. The molecule has 0 aromatic heterocycles. The second-order valence-electron chi connectivity index (χ2n) is 6.79. The average Bonchev–Trinajstić information content (AvgIpc) is 2.34. The molecule has 6 heteroatoms. The highest BCUT2D eigenvalue weighted by Gasteiger charge is 2.33. The van der Waals surface area contributed by atoms with Gasteiger partial charge in [0.05, 0.1) is 60.3 Å². The van der Waals surface area contributed by atoms with Crippen molar-refractivity contribution in [3.05, 3.63) is 0 Å². The molecule has 0 saturated carbocycles. The molecule has 0 amide bonds. The van der Waals surface area contributed by atoms with Crippen LogP contribution in [0, 0.1) is 0 Å². The Morgan fingerprint density at radius 1 is 1.00 bits per heavy atom. The van der Waals surface area contributed by atoms with E-state index in [1.807, 2.05) is 14.1 Å². The minimum atomic E-state index is 0.275. The quantitative estimate of drug-likeness (QED) is 0.359. The van der Waals surface area contributed by atoms with Crippen LogP contribution in [0.25, 0.3) is 0 Å². The van der Waals surface area contributed by atoms with E-state index in [4.69, 9.17) is 0 Å². The predicted octanol–water partition coefficient (Wildman–Crippen LogP) is 0.935. The Hall–Kier alpha value is -1.32. The van der Waals surface area contributed by atoms with E-state index in [0.29, 0.717) is 23.7 Å². The van der Waals surface area contributed by atoms with Crippen LogP contribution in [0.5, 0.6) is 0 Å². The smallest absolute Gasteiger partial charge is 0.240 e. The normalized spacial score (nSPS) is 14.9. The zero-order valence-electron chi connectivity index (χ0n) is 13.6. The van der Waals surface area contributed by atoms with Gasteiger partial charge in [-0.15, -0.1) is 4.99 Å². The first kappa shape index (κ1) is 18.7. The van der Waals surface area contributed by atoms with Crippen LogP contribution in [0.4, 0.5) is 0 Å². The van der Waals surface area contributed by atoms with Gasteiger partial charge in [-0.25, -0.2) is 14.6 Å². The van der Waals surface area contributed by atoms with Crippen LogP contribution in [0.3, 0.4) is 0 Å². The lowest BCUT2D eigenvalue weighted by Gasteiger charge is -2.40. The second-order valence-corrected chi connectivity index (χ2v) is 6.79. The van der Waals surface area contributed by atoms with Gasteiger partial charge in [-0.1, -0.05) is 0 Å². The molecule has 0 rings (SSSR count). The Morgan fingerprint density at radius 2 is 1.55 bits per heavy atom. The fourth-order valence-electron chi connectivity index (χ4n) is 2.05. The van der Waals surface area contributed by atoms with Crippen LogP contribution in [0.2, 0.25) is 0 Å². The number of hydrogen-bond acceptors (Lipinski definition) is 4. The minimum Gasteiger partial charge on any atom is -0.329 e. The number of carbonyl (C=O) groups excluding carboxylic acids is 2. The zero-order valence-corrected chi connectivity index (χ0v) is 13.6. The van der Waals surface area contributed by atoms with Gasteiger partial charge in [0.1, 0.15) is 0 Å². The van der Waals surface area contributed by atoms with Crippen LogP contribution in [0.15, 0.2) is 9.98 Å². The SMILES string of the molecule is CC(CC(CCN=C=O)[N+](C)(C)CN=C=O)[N+](C)(C)C.